The molecule has 0 spiro atoms. The number of hydrogen-bond donors (Lipinski definition) is 3. The minimum atomic E-state index is -1.29. The van der Waals surface area contributed by atoms with E-state index in [0.717, 1.165) is 36.1 Å². The van der Waals surface area contributed by atoms with Crippen molar-refractivity contribution < 1.29 is 19.4 Å². The molecule has 1 atom stereocenters. The second-order valence-corrected chi connectivity index (χ2v) is 6.45. The maximum Gasteiger partial charge on any atom is 0.356 e. The molecule has 0 saturated carbocycles. The number of benzene rings is 1. The van der Waals surface area contributed by atoms with Gasteiger partial charge in [-0.05, 0) is 47.9 Å². The molecule has 0 fully saturated rings. The Bertz CT molecular complexity index is 1170. The van der Waals surface area contributed by atoms with E-state index in [9.17, 15) is 9.59 Å². The van der Waals surface area contributed by atoms with Gasteiger partial charge in [0.25, 0.3) is 5.78 Å². The number of carboxylic acid groups (broad SMARTS) is 1. The highest BCUT2D eigenvalue weighted by molar-refractivity contribution is 6.13. The summed E-state index contributed by atoms with van der Waals surface area (Å²) in [5, 5.41) is 21.2. The van der Waals surface area contributed by atoms with Crippen molar-refractivity contribution in [2.75, 3.05) is 12.8 Å². The smallest absolute Gasteiger partial charge is 0.356 e. The first-order valence-electron chi connectivity index (χ1n) is 8.62. The Morgan fingerprint density at radius 2 is 2.17 bits per heavy atom. The third-order valence-electron chi connectivity index (χ3n) is 4.42. The number of nitrogens with two attached hydrogens (primary N) is 1. The number of carboxylic acids is 1. The number of ether oxygens (including phenoxy) is 1. The highest BCUT2D eigenvalue weighted by Gasteiger charge is 2.21. The summed E-state index contributed by atoms with van der Waals surface area (Å²) in [6, 6.07) is 9.20. The average Bonchev–Trinajstić information content (AvgIpc) is 3.34. The molecule has 3 aromatic rings. The van der Waals surface area contributed by atoms with Crippen LogP contribution in [0.2, 0.25) is 0 Å². The molecule has 11 nitrogen and oxygen atoms in total. The summed E-state index contributed by atoms with van der Waals surface area (Å²) in [5.41, 5.74) is 8.10. The van der Waals surface area contributed by atoms with Gasteiger partial charge in [0.2, 0.25) is 5.95 Å². The Morgan fingerprint density at radius 3 is 2.80 bits per heavy atom. The second kappa shape index (κ2) is 8.73. The van der Waals surface area contributed by atoms with E-state index in [1.54, 1.807) is 0 Å². The number of carbonyl (C=O) groups is 2. The molecule has 30 heavy (non-hydrogen) atoms. The van der Waals surface area contributed by atoms with E-state index in [1.165, 1.54) is 11.1 Å². The highest BCUT2D eigenvalue weighted by Crippen LogP contribution is 2.31. The largest absolute Gasteiger partial charge is 0.477 e. The predicted molar refractivity (Wildman–Crippen MR) is 105 cm³/mol. The van der Waals surface area contributed by atoms with E-state index in [-0.39, 0.29) is 29.2 Å². The molecule has 0 saturated heterocycles. The van der Waals surface area contributed by atoms with Crippen molar-refractivity contribution in [1.29, 1.82) is 5.26 Å². The third-order valence-corrected chi connectivity index (χ3v) is 4.69. The summed E-state index contributed by atoms with van der Waals surface area (Å²) < 4.78 is 5.52. The van der Waals surface area contributed by atoms with Gasteiger partial charge in [-0.3, -0.25) is 0 Å². The topological polar surface area (TPSA) is 169 Å². The monoisotopic (exact) mass is 429 g/mol. The maximum absolute atomic E-state index is 11.4. The number of aromatic carboxylic acids is 1. The number of hydrogen-bond acceptors (Lipinski definition) is 9. The Morgan fingerprint density at radius 1 is 1.40 bits per heavy atom. The first-order chi connectivity index (χ1) is 14.4. The van der Waals surface area contributed by atoms with Crippen LogP contribution in [-0.2, 0) is 11.2 Å². The number of fused-ring (bicyclic) bond motifs is 2. The number of nitrogen functional groups attached to an aromatic ring is 1. The molecule has 1 aromatic carbocycles. The van der Waals surface area contributed by atoms with Gasteiger partial charge in [0, 0.05) is 12.1 Å². The van der Waals surface area contributed by atoms with Crippen LogP contribution in [0.5, 0.6) is 0 Å². The van der Waals surface area contributed by atoms with Crippen molar-refractivity contribution in [3.05, 3.63) is 52.3 Å². The van der Waals surface area contributed by atoms with Crippen LogP contribution in [0.25, 0.3) is 5.78 Å². The number of methoxy groups -OCH3 is 1. The van der Waals surface area contributed by atoms with Gasteiger partial charge < -0.3 is 15.6 Å². The molecule has 0 aliphatic heterocycles. The van der Waals surface area contributed by atoms with Crippen molar-refractivity contribution in [2.45, 2.75) is 18.9 Å². The van der Waals surface area contributed by atoms with Gasteiger partial charge in [-0.25, -0.2) is 19.4 Å². The first-order valence-corrected chi connectivity index (χ1v) is 8.99. The van der Waals surface area contributed by atoms with E-state index in [1.807, 2.05) is 18.2 Å². The number of anilines is 1. The zero-order chi connectivity index (χ0) is 21.8. The normalized spacial score (nSPS) is 14.4. The summed E-state index contributed by atoms with van der Waals surface area (Å²) in [7, 11) is 1.16. The van der Waals surface area contributed by atoms with E-state index < -0.39 is 11.9 Å². The summed E-state index contributed by atoms with van der Waals surface area (Å²) in [4.78, 5) is 32.4. The van der Waals surface area contributed by atoms with Gasteiger partial charge in [-0.2, -0.15) is 14.8 Å². The second-order valence-electron chi connectivity index (χ2n) is 6.23. The number of nitriles is 1. The van der Waals surface area contributed by atoms with Crippen LogP contribution in [0.3, 0.4) is 0 Å². The van der Waals surface area contributed by atoms with Crippen molar-refractivity contribution >= 4 is 35.4 Å². The fourth-order valence-electron chi connectivity index (χ4n) is 3.04. The van der Waals surface area contributed by atoms with Crippen LogP contribution in [0, 0.1) is 11.3 Å². The predicted octanol–water partition coefficient (Wildman–Crippen LogP) is 1.48. The lowest BCUT2D eigenvalue weighted by molar-refractivity contribution is 0.0590. The number of rotatable bonds is 3. The minimum absolute atomic E-state index is 0.0807. The summed E-state index contributed by atoms with van der Waals surface area (Å²) in [5.74, 6) is -2.25. The fourth-order valence-corrected chi connectivity index (χ4v) is 3.27. The summed E-state index contributed by atoms with van der Waals surface area (Å²) in [6.45, 7) is 0. The van der Waals surface area contributed by atoms with Crippen molar-refractivity contribution in [3.63, 3.8) is 0 Å². The number of esters is 1. The zero-order valence-corrected chi connectivity index (χ0v) is 16.4. The molecule has 12 heteroatoms. The zero-order valence-electron chi connectivity index (χ0n) is 15.7. The Labute approximate surface area is 175 Å². The molecule has 1 aliphatic rings. The van der Waals surface area contributed by atoms with Crippen LogP contribution < -0.4 is 10.6 Å². The molecule has 0 radical (unpaired) electrons. The number of aromatic nitrogens is 4. The standard InChI is InChI=1S/C10H9ClN2.C8H7N5O4/c11-13-10-4-2-8-5-7(6-12)1-3-9(8)10;1-17-6(16)4-2-3(5(14)15)10-8-11-7(9)12-13(4)8/h1,3,5,10,13H,2,4H2;2H,1H3,(H2,9,12)(H,14,15)/t10-;/m0./s1. The van der Waals surface area contributed by atoms with Crippen molar-refractivity contribution in [2.24, 2.45) is 0 Å². The molecular weight excluding hydrogens is 414 g/mol. The number of halogens is 1. The quantitative estimate of drug-likeness (QED) is 0.409. The Hall–Kier alpha value is -3.75. The SMILES string of the molecule is COC(=O)c1cc(C(=O)O)nc2nc(N)nn12.N#Cc1ccc2c(c1)CC[C@@H]2NCl. The van der Waals surface area contributed by atoms with Gasteiger partial charge in [0.15, 0.2) is 11.4 Å². The average molecular weight is 430 g/mol. The third kappa shape index (κ3) is 4.14. The van der Waals surface area contributed by atoms with E-state index in [2.05, 4.69) is 30.7 Å². The molecule has 2 heterocycles. The summed E-state index contributed by atoms with van der Waals surface area (Å²) in [6.07, 6.45) is 2.03. The molecule has 4 rings (SSSR count). The van der Waals surface area contributed by atoms with Crippen molar-refractivity contribution in [1.82, 2.24) is 24.4 Å². The maximum atomic E-state index is 11.4. The van der Waals surface area contributed by atoms with Gasteiger partial charge in [-0.1, -0.05) is 6.07 Å². The van der Waals surface area contributed by atoms with Crippen LogP contribution >= 0.6 is 11.8 Å². The van der Waals surface area contributed by atoms with Crippen LogP contribution in [-0.4, -0.2) is 43.7 Å². The lowest BCUT2D eigenvalue weighted by Crippen LogP contribution is -2.13. The Balaban J connectivity index is 0.000000177. The molecule has 0 bridgehead atoms. The molecule has 0 unspecified atom stereocenters. The minimum Gasteiger partial charge on any atom is -0.477 e. The number of carbonyl (C=O) groups excluding carboxylic acids is 1. The summed E-state index contributed by atoms with van der Waals surface area (Å²) >= 11 is 5.59. The fraction of sp³-hybridized carbons (Fsp3) is 0.222. The molecular formula is C18H16ClN7O4. The Kier molecular flexibility index (Phi) is 6.10. The number of aryl methyl sites for hydroxylation is 1. The van der Waals surface area contributed by atoms with Crippen LogP contribution in [0.4, 0.5) is 5.95 Å². The van der Waals surface area contributed by atoms with Crippen LogP contribution in [0.1, 0.15) is 50.1 Å². The molecule has 2 aromatic heterocycles. The van der Waals surface area contributed by atoms with Gasteiger partial charge in [-0.15, -0.1) is 5.10 Å². The van der Waals surface area contributed by atoms with Gasteiger partial charge in [0.05, 0.1) is 18.7 Å². The molecule has 154 valence electrons. The molecule has 0 amide bonds. The number of nitrogens with one attached hydrogen (secondary N) is 1. The van der Waals surface area contributed by atoms with E-state index in [0.29, 0.717) is 0 Å². The lowest BCUT2D eigenvalue weighted by atomic mass is 10.1. The van der Waals surface area contributed by atoms with Crippen LogP contribution in [0.15, 0.2) is 24.3 Å². The number of nitrogens with zero attached hydrogens (tertiary/aromatic N) is 5. The first kappa shape index (κ1) is 21.0. The van der Waals surface area contributed by atoms with Crippen molar-refractivity contribution in [3.8, 4) is 6.07 Å². The molecule has 1 aliphatic carbocycles. The van der Waals surface area contributed by atoms with E-state index >= 15 is 0 Å². The van der Waals surface area contributed by atoms with E-state index in [4.69, 9.17) is 27.9 Å². The molecule has 4 N–H and O–H groups in total. The van der Waals surface area contributed by atoms with Gasteiger partial charge in [0.1, 0.15) is 0 Å². The lowest BCUT2D eigenvalue weighted by Gasteiger charge is -2.07. The van der Waals surface area contributed by atoms with Gasteiger partial charge >= 0.3 is 11.9 Å². The highest BCUT2D eigenvalue weighted by atomic mass is 35.5.